The second kappa shape index (κ2) is 9.41. The topological polar surface area (TPSA) is 135 Å². The first-order chi connectivity index (χ1) is 16.4. The van der Waals surface area contributed by atoms with Gasteiger partial charge in [-0.25, -0.2) is 9.69 Å². The van der Waals surface area contributed by atoms with E-state index < -0.39 is 29.3 Å². The number of hydrogen-bond donors (Lipinski definition) is 2. The second-order valence-corrected chi connectivity index (χ2v) is 7.41. The molecule has 10 heteroatoms. The number of nitro benzene ring substituents is 1. The maximum Gasteiger partial charge on any atom is 0.329 e. The van der Waals surface area contributed by atoms with Gasteiger partial charge in [-0.2, -0.15) is 0 Å². The molecule has 2 N–H and O–H groups in total. The number of nitro groups is 1. The van der Waals surface area contributed by atoms with Crippen LogP contribution in [0.4, 0.5) is 16.2 Å². The average Bonchev–Trinajstić information content (AvgIpc) is 3.39. The Hall–Kier alpha value is -4.73. The molecule has 0 radical (unpaired) electrons. The van der Waals surface area contributed by atoms with Crippen LogP contribution >= 0.6 is 0 Å². The first kappa shape index (κ1) is 22.5. The zero-order chi connectivity index (χ0) is 24.2. The molecular weight excluding hydrogens is 440 g/mol. The van der Waals surface area contributed by atoms with E-state index in [1.807, 2.05) is 19.1 Å². The van der Waals surface area contributed by atoms with Crippen molar-refractivity contribution in [3.05, 3.63) is 87.8 Å². The molecule has 0 saturated carbocycles. The summed E-state index contributed by atoms with van der Waals surface area (Å²) >= 11 is 0. The molecular formula is C24H20N4O6. The van der Waals surface area contributed by atoms with Crippen molar-refractivity contribution in [3.8, 4) is 11.3 Å². The van der Waals surface area contributed by atoms with Crippen LogP contribution in [0.2, 0.25) is 0 Å². The first-order valence-electron chi connectivity index (χ1n) is 10.4. The van der Waals surface area contributed by atoms with Crippen molar-refractivity contribution in [3.63, 3.8) is 0 Å². The number of hydrogen-bond acceptors (Lipinski definition) is 6. The van der Waals surface area contributed by atoms with Crippen molar-refractivity contribution in [2.75, 3.05) is 11.9 Å². The number of rotatable bonds is 7. The van der Waals surface area contributed by atoms with E-state index in [0.717, 1.165) is 10.5 Å². The normalized spacial score (nSPS) is 14.4. The van der Waals surface area contributed by atoms with Crippen LogP contribution in [-0.2, 0) is 16.0 Å². The molecule has 1 aromatic heterocycles. The molecule has 1 aliphatic rings. The highest BCUT2D eigenvalue weighted by Gasteiger charge is 2.35. The van der Waals surface area contributed by atoms with E-state index in [1.54, 1.807) is 30.3 Å². The summed E-state index contributed by atoms with van der Waals surface area (Å²) in [6.07, 6.45) is 2.02. The van der Waals surface area contributed by atoms with Gasteiger partial charge in [0.2, 0.25) is 5.91 Å². The van der Waals surface area contributed by atoms with Gasteiger partial charge in [0.1, 0.15) is 23.8 Å². The van der Waals surface area contributed by atoms with Crippen LogP contribution in [0, 0.1) is 10.1 Å². The predicted octanol–water partition coefficient (Wildman–Crippen LogP) is 3.95. The lowest BCUT2D eigenvalue weighted by molar-refractivity contribution is -0.384. The Morgan fingerprint density at radius 2 is 1.85 bits per heavy atom. The Morgan fingerprint density at radius 1 is 1.12 bits per heavy atom. The molecule has 0 bridgehead atoms. The van der Waals surface area contributed by atoms with Crippen LogP contribution in [0.25, 0.3) is 17.4 Å². The fraction of sp³-hybridized carbons (Fsp3) is 0.125. The molecule has 2 heterocycles. The molecule has 172 valence electrons. The van der Waals surface area contributed by atoms with E-state index >= 15 is 0 Å². The summed E-state index contributed by atoms with van der Waals surface area (Å²) in [5.41, 5.74) is 1.64. The number of urea groups is 1. The molecule has 10 nitrogen and oxygen atoms in total. The molecule has 1 fully saturated rings. The lowest BCUT2D eigenvalue weighted by Crippen LogP contribution is -2.38. The molecule has 4 amide bonds. The third kappa shape index (κ3) is 4.56. The lowest BCUT2D eigenvalue weighted by Gasteiger charge is -2.13. The van der Waals surface area contributed by atoms with E-state index in [2.05, 4.69) is 10.6 Å². The second-order valence-electron chi connectivity index (χ2n) is 7.41. The maximum atomic E-state index is 12.7. The quantitative estimate of drug-likeness (QED) is 0.237. The van der Waals surface area contributed by atoms with E-state index in [4.69, 9.17) is 4.42 Å². The summed E-state index contributed by atoms with van der Waals surface area (Å²) in [6, 6.07) is 15.7. The molecule has 3 aromatic rings. The van der Waals surface area contributed by atoms with Gasteiger partial charge in [-0.05, 0) is 36.2 Å². The first-order valence-corrected chi connectivity index (χ1v) is 10.4. The standard InChI is InChI=1S/C24H20N4O6/c1-2-15-7-3-5-9-18(15)25-22(29)14-27-23(30)19(26-24(27)31)13-16-11-12-21(34-16)17-8-4-6-10-20(17)28(32)33/h3-13H,2,14H2,1H3,(H,25,29)(H,26,31)/b19-13-. The molecule has 0 atom stereocenters. The van der Waals surface area contributed by atoms with Crippen LogP contribution < -0.4 is 10.6 Å². The summed E-state index contributed by atoms with van der Waals surface area (Å²) in [7, 11) is 0. The van der Waals surface area contributed by atoms with E-state index in [0.29, 0.717) is 12.1 Å². The molecule has 4 rings (SSSR count). The van der Waals surface area contributed by atoms with Gasteiger partial charge in [0.15, 0.2) is 0 Å². The van der Waals surface area contributed by atoms with Gasteiger partial charge in [0.25, 0.3) is 11.6 Å². The zero-order valence-electron chi connectivity index (χ0n) is 18.1. The number of amides is 4. The smallest absolute Gasteiger partial charge is 0.329 e. The summed E-state index contributed by atoms with van der Waals surface area (Å²) < 4.78 is 5.64. The minimum atomic E-state index is -0.736. The molecule has 1 aliphatic heterocycles. The molecule has 0 spiro atoms. The van der Waals surface area contributed by atoms with Crippen LogP contribution in [0.1, 0.15) is 18.2 Å². The highest BCUT2D eigenvalue weighted by Crippen LogP contribution is 2.31. The number of para-hydroxylation sites is 2. The van der Waals surface area contributed by atoms with Crippen molar-refractivity contribution in [2.24, 2.45) is 0 Å². The third-order valence-corrected chi connectivity index (χ3v) is 5.22. The highest BCUT2D eigenvalue weighted by molar-refractivity contribution is 6.15. The monoisotopic (exact) mass is 460 g/mol. The van der Waals surface area contributed by atoms with Crippen molar-refractivity contribution in [1.82, 2.24) is 10.2 Å². The fourth-order valence-corrected chi connectivity index (χ4v) is 3.56. The number of carbonyl (C=O) groups is 3. The van der Waals surface area contributed by atoms with E-state index in [1.165, 1.54) is 24.3 Å². The largest absolute Gasteiger partial charge is 0.456 e. The number of benzene rings is 2. The highest BCUT2D eigenvalue weighted by atomic mass is 16.6. The summed E-state index contributed by atoms with van der Waals surface area (Å²) in [5.74, 6) is -0.753. The van der Waals surface area contributed by atoms with Crippen LogP contribution in [-0.4, -0.2) is 34.2 Å². The number of nitrogens with zero attached hydrogens (tertiary/aromatic N) is 2. The van der Waals surface area contributed by atoms with Crippen molar-refractivity contribution < 1.29 is 23.7 Å². The Bertz CT molecular complexity index is 1330. The van der Waals surface area contributed by atoms with Crippen LogP contribution in [0.3, 0.4) is 0 Å². The van der Waals surface area contributed by atoms with Crippen molar-refractivity contribution in [2.45, 2.75) is 13.3 Å². The Morgan fingerprint density at radius 3 is 2.62 bits per heavy atom. The summed E-state index contributed by atoms with van der Waals surface area (Å²) in [5, 5.41) is 16.4. The van der Waals surface area contributed by atoms with Crippen LogP contribution in [0.15, 0.2) is 70.8 Å². The molecule has 34 heavy (non-hydrogen) atoms. The molecule has 0 unspecified atom stereocenters. The number of furan rings is 1. The Kier molecular flexibility index (Phi) is 6.22. The minimum absolute atomic E-state index is 0.0739. The zero-order valence-corrected chi connectivity index (χ0v) is 18.1. The SMILES string of the molecule is CCc1ccccc1NC(=O)CN1C(=O)N/C(=C\c2ccc(-c3ccccc3[N+](=O)[O-])o2)C1=O. The molecule has 2 aromatic carbocycles. The number of anilines is 1. The third-order valence-electron chi connectivity index (χ3n) is 5.22. The predicted molar refractivity (Wildman–Crippen MR) is 123 cm³/mol. The number of imide groups is 1. The molecule has 1 saturated heterocycles. The van der Waals surface area contributed by atoms with Gasteiger partial charge < -0.3 is 15.1 Å². The van der Waals surface area contributed by atoms with Crippen LogP contribution in [0.5, 0.6) is 0 Å². The Balaban J connectivity index is 1.48. The maximum absolute atomic E-state index is 12.7. The molecule has 0 aliphatic carbocycles. The Labute approximate surface area is 194 Å². The van der Waals surface area contributed by atoms with Gasteiger partial charge in [-0.15, -0.1) is 0 Å². The van der Waals surface area contributed by atoms with Gasteiger partial charge in [-0.3, -0.25) is 19.7 Å². The van der Waals surface area contributed by atoms with Crippen molar-refractivity contribution in [1.29, 1.82) is 0 Å². The number of carbonyl (C=O) groups excluding carboxylic acids is 3. The average molecular weight is 460 g/mol. The van der Waals surface area contributed by atoms with E-state index in [9.17, 15) is 24.5 Å². The number of aryl methyl sites for hydroxylation is 1. The van der Waals surface area contributed by atoms with Crippen molar-refractivity contribution >= 4 is 35.3 Å². The van der Waals surface area contributed by atoms with E-state index in [-0.39, 0.29) is 28.5 Å². The lowest BCUT2D eigenvalue weighted by atomic mass is 10.1. The summed E-state index contributed by atoms with van der Waals surface area (Å²) in [4.78, 5) is 49.0. The fourth-order valence-electron chi connectivity index (χ4n) is 3.56. The van der Waals surface area contributed by atoms with Gasteiger partial charge >= 0.3 is 6.03 Å². The minimum Gasteiger partial charge on any atom is -0.456 e. The van der Waals surface area contributed by atoms with Gasteiger partial charge in [0.05, 0.1) is 10.5 Å². The number of nitrogens with one attached hydrogen (secondary N) is 2. The summed E-state index contributed by atoms with van der Waals surface area (Å²) in [6.45, 7) is 1.50. The van der Waals surface area contributed by atoms with Gasteiger partial charge in [-0.1, -0.05) is 37.3 Å². The van der Waals surface area contributed by atoms with Gasteiger partial charge in [0, 0.05) is 17.8 Å².